The van der Waals surface area contributed by atoms with Crippen molar-refractivity contribution in [2.24, 2.45) is 5.10 Å². The quantitative estimate of drug-likeness (QED) is 0.192. The Hall–Kier alpha value is -3.71. The molecule has 0 saturated heterocycles. The summed E-state index contributed by atoms with van der Waals surface area (Å²) in [6, 6.07) is 22.9. The molecular formula is C26H24N4O2S. The molecule has 7 heteroatoms. The van der Waals surface area contributed by atoms with Crippen LogP contribution in [0.25, 0.3) is 16.6 Å². The van der Waals surface area contributed by atoms with Gasteiger partial charge in [0.05, 0.1) is 28.6 Å². The second-order valence-corrected chi connectivity index (χ2v) is 8.46. The zero-order valence-corrected chi connectivity index (χ0v) is 19.3. The minimum atomic E-state index is -0.278. The lowest BCUT2D eigenvalue weighted by Gasteiger charge is -2.14. The number of nitrogens with zero attached hydrogens (tertiary/aromatic N) is 3. The molecule has 0 radical (unpaired) electrons. The first kappa shape index (κ1) is 22.5. The van der Waals surface area contributed by atoms with Crippen molar-refractivity contribution in [1.29, 1.82) is 0 Å². The Morgan fingerprint density at radius 1 is 1.06 bits per heavy atom. The number of para-hydroxylation sites is 2. The third-order valence-corrected chi connectivity index (χ3v) is 6.16. The van der Waals surface area contributed by atoms with Gasteiger partial charge in [-0.25, -0.2) is 10.4 Å². The fraction of sp³-hybridized carbons (Fsp3) is 0.154. The van der Waals surface area contributed by atoms with Crippen molar-refractivity contribution in [2.75, 3.05) is 5.75 Å². The molecule has 33 heavy (non-hydrogen) atoms. The number of hydrogen-bond acceptors (Lipinski definition) is 5. The van der Waals surface area contributed by atoms with Crippen LogP contribution in [0.15, 0.2) is 87.8 Å². The fourth-order valence-electron chi connectivity index (χ4n) is 3.42. The Kier molecular flexibility index (Phi) is 7.00. The predicted molar refractivity (Wildman–Crippen MR) is 134 cm³/mol. The minimum absolute atomic E-state index is 0.0722. The van der Waals surface area contributed by atoms with E-state index in [4.69, 9.17) is 0 Å². The number of carbonyl (C=O) groups is 1. The minimum Gasteiger partial charge on any atom is -0.272 e. The highest BCUT2D eigenvalue weighted by molar-refractivity contribution is 7.99. The second-order valence-electron chi connectivity index (χ2n) is 7.52. The Labute approximate surface area is 196 Å². The number of aryl methyl sites for hydroxylation is 2. The molecule has 166 valence electrons. The Balaban J connectivity index is 1.54. The molecule has 0 bridgehead atoms. The molecule has 1 amide bonds. The van der Waals surface area contributed by atoms with Gasteiger partial charge in [-0.2, -0.15) is 5.10 Å². The van der Waals surface area contributed by atoms with E-state index in [1.54, 1.807) is 22.9 Å². The van der Waals surface area contributed by atoms with Crippen molar-refractivity contribution in [3.63, 3.8) is 0 Å². The zero-order valence-electron chi connectivity index (χ0n) is 18.5. The van der Waals surface area contributed by atoms with Crippen molar-refractivity contribution in [3.05, 3.63) is 99.8 Å². The molecule has 4 aromatic rings. The van der Waals surface area contributed by atoms with Crippen LogP contribution in [0.3, 0.4) is 0 Å². The van der Waals surface area contributed by atoms with Crippen LogP contribution in [0.1, 0.15) is 23.6 Å². The molecule has 0 aliphatic rings. The summed E-state index contributed by atoms with van der Waals surface area (Å²) in [7, 11) is 0. The molecule has 0 spiro atoms. The second kappa shape index (κ2) is 10.3. The number of carbonyl (C=O) groups excluding carboxylic acids is 1. The summed E-state index contributed by atoms with van der Waals surface area (Å²) in [6.07, 6.45) is 2.58. The molecule has 0 aliphatic carbocycles. The molecule has 0 atom stereocenters. The summed E-state index contributed by atoms with van der Waals surface area (Å²) in [5.41, 5.74) is 6.83. The van der Waals surface area contributed by atoms with Crippen molar-refractivity contribution in [1.82, 2.24) is 15.0 Å². The third-order valence-electron chi connectivity index (χ3n) is 5.22. The lowest BCUT2D eigenvalue weighted by atomic mass is 10.1. The van der Waals surface area contributed by atoms with Gasteiger partial charge in [0.2, 0.25) is 0 Å². The number of hydrazone groups is 1. The number of fused-ring (bicyclic) bond motifs is 1. The van der Waals surface area contributed by atoms with Crippen LogP contribution < -0.4 is 11.0 Å². The lowest BCUT2D eigenvalue weighted by molar-refractivity contribution is -0.118. The highest BCUT2D eigenvalue weighted by Gasteiger charge is 2.15. The molecule has 4 rings (SSSR count). The number of benzene rings is 3. The topological polar surface area (TPSA) is 76.3 Å². The summed E-state index contributed by atoms with van der Waals surface area (Å²) in [5, 5.41) is 5.04. The molecule has 0 aliphatic heterocycles. The molecule has 6 nitrogen and oxygen atoms in total. The third kappa shape index (κ3) is 5.21. The molecule has 0 unspecified atom stereocenters. The molecule has 3 aromatic carbocycles. The molecule has 1 heterocycles. The van der Waals surface area contributed by atoms with Crippen molar-refractivity contribution in [2.45, 2.75) is 25.4 Å². The monoisotopic (exact) mass is 456 g/mol. The first-order chi connectivity index (χ1) is 16.1. The van der Waals surface area contributed by atoms with Gasteiger partial charge < -0.3 is 0 Å². The molecule has 0 fully saturated rings. The van der Waals surface area contributed by atoms with Crippen LogP contribution in [-0.4, -0.2) is 27.4 Å². The molecule has 0 saturated carbocycles. The molecular weight excluding hydrogens is 432 g/mol. The summed E-state index contributed by atoms with van der Waals surface area (Å²) in [6.45, 7) is 4.05. The average Bonchev–Trinajstić information content (AvgIpc) is 2.84. The van der Waals surface area contributed by atoms with Crippen molar-refractivity contribution in [3.8, 4) is 5.69 Å². The lowest BCUT2D eigenvalue weighted by Crippen LogP contribution is -2.24. The van der Waals surface area contributed by atoms with Gasteiger partial charge in [-0.15, -0.1) is 0 Å². The van der Waals surface area contributed by atoms with Crippen LogP contribution in [-0.2, 0) is 11.2 Å². The van der Waals surface area contributed by atoms with E-state index < -0.39 is 0 Å². The first-order valence-corrected chi connectivity index (χ1v) is 11.7. The summed E-state index contributed by atoms with van der Waals surface area (Å²) >= 11 is 1.20. The number of rotatable bonds is 7. The van der Waals surface area contributed by atoms with E-state index in [1.165, 1.54) is 17.3 Å². The Morgan fingerprint density at radius 3 is 2.55 bits per heavy atom. The number of thioether (sulfide) groups is 1. The summed E-state index contributed by atoms with van der Waals surface area (Å²) in [5.74, 6) is -0.205. The van der Waals surface area contributed by atoms with Gasteiger partial charge >= 0.3 is 0 Å². The average molecular weight is 457 g/mol. The highest BCUT2D eigenvalue weighted by Crippen LogP contribution is 2.23. The zero-order chi connectivity index (χ0) is 23.2. The Bertz CT molecular complexity index is 1380. The smallest absolute Gasteiger partial charge is 0.266 e. The van der Waals surface area contributed by atoms with Crippen LogP contribution in [0, 0.1) is 6.92 Å². The maximum absolute atomic E-state index is 13.3. The molecule has 1 aromatic heterocycles. The number of aromatic nitrogens is 2. The standard InChI is InChI=1S/C26H24N4O2S/c1-3-19-12-14-20(15-13-19)16-27-29-24(31)17-33-26-28-22-10-6-5-9-21(22)25(32)30(26)23-11-7-4-8-18(23)2/h4-16H,3,17H2,1-2H3,(H,29,31)/b27-16-. The van der Waals surface area contributed by atoms with E-state index in [9.17, 15) is 9.59 Å². The van der Waals surface area contributed by atoms with Gasteiger partial charge in [0.15, 0.2) is 5.16 Å². The summed E-state index contributed by atoms with van der Waals surface area (Å²) in [4.78, 5) is 30.4. The maximum Gasteiger partial charge on any atom is 0.266 e. The van der Waals surface area contributed by atoms with E-state index in [2.05, 4.69) is 22.4 Å². The van der Waals surface area contributed by atoms with Gasteiger partial charge in [0.25, 0.3) is 11.5 Å². The van der Waals surface area contributed by atoms with Crippen LogP contribution in [0.2, 0.25) is 0 Å². The van der Waals surface area contributed by atoms with Crippen LogP contribution in [0.5, 0.6) is 0 Å². The molecule has 1 N–H and O–H groups in total. The van der Waals surface area contributed by atoms with Crippen molar-refractivity contribution < 1.29 is 4.79 Å². The predicted octanol–water partition coefficient (Wildman–Crippen LogP) is 4.50. The van der Waals surface area contributed by atoms with Gasteiger partial charge in [0.1, 0.15) is 0 Å². The first-order valence-electron chi connectivity index (χ1n) is 10.7. The van der Waals surface area contributed by atoms with E-state index in [1.807, 2.05) is 67.6 Å². The van der Waals surface area contributed by atoms with E-state index in [0.29, 0.717) is 16.1 Å². The van der Waals surface area contributed by atoms with Crippen molar-refractivity contribution >= 4 is 34.8 Å². The largest absolute Gasteiger partial charge is 0.272 e. The van der Waals surface area contributed by atoms with Gasteiger partial charge in [-0.05, 0) is 48.2 Å². The van der Waals surface area contributed by atoms with Gasteiger partial charge in [-0.3, -0.25) is 14.2 Å². The van der Waals surface area contributed by atoms with E-state index in [-0.39, 0.29) is 17.2 Å². The Morgan fingerprint density at radius 2 is 1.79 bits per heavy atom. The SMILES string of the molecule is CCc1ccc(/C=N\NC(=O)CSc2nc3ccccc3c(=O)n2-c2ccccc2C)cc1. The van der Waals surface area contributed by atoms with Crippen LogP contribution in [0.4, 0.5) is 0 Å². The number of nitrogens with one attached hydrogen (secondary N) is 1. The fourth-order valence-corrected chi connectivity index (χ4v) is 4.21. The van der Waals surface area contributed by atoms with E-state index >= 15 is 0 Å². The number of hydrogen-bond donors (Lipinski definition) is 1. The van der Waals surface area contributed by atoms with E-state index in [0.717, 1.165) is 23.2 Å². The van der Waals surface area contributed by atoms with Gasteiger partial charge in [0, 0.05) is 0 Å². The number of amides is 1. The highest BCUT2D eigenvalue weighted by atomic mass is 32.2. The normalized spacial score (nSPS) is 11.2. The van der Waals surface area contributed by atoms with Crippen LogP contribution >= 0.6 is 11.8 Å². The summed E-state index contributed by atoms with van der Waals surface area (Å²) < 4.78 is 1.58. The van der Waals surface area contributed by atoms with Gasteiger partial charge in [-0.1, -0.05) is 73.3 Å². The maximum atomic E-state index is 13.3.